The number of carboxylic acids is 1. The molecule has 1 aromatic rings. The second-order valence-corrected chi connectivity index (χ2v) is 4.23. The van der Waals surface area contributed by atoms with Gasteiger partial charge in [0.15, 0.2) is 0 Å². The fourth-order valence-electron chi connectivity index (χ4n) is 1.18. The average molecular weight is 240 g/mol. The molecule has 0 aliphatic rings. The number of nitrogens with zero attached hydrogens (tertiary/aromatic N) is 1. The number of amides is 1. The molecule has 0 bridgehead atoms. The van der Waals surface area contributed by atoms with E-state index in [0.29, 0.717) is 12.1 Å². The van der Waals surface area contributed by atoms with Crippen molar-refractivity contribution in [3.05, 3.63) is 17.5 Å². The lowest BCUT2D eigenvalue weighted by atomic mass is 9.88. The highest BCUT2D eigenvalue weighted by atomic mass is 16.5. The van der Waals surface area contributed by atoms with Crippen LogP contribution in [0, 0.1) is 12.3 Å². The van der Waals surface area contributed by atoms with E-state index >= 15 is 0 Å². The molecule has 2 N–H and O–H groups in total. The van der Waals surface area contributed by atoms with Crippen LogP contribution >= 0.6 is 0 Å². The van der Waals surface area contributed by atoms with Crippen LogP contribution in [0.2, 0.25) is 0 Å². The summed E-state index contributed by atoms with van der Waals surface area (Å²) in [5.41, 5.74) is -0.364. The number of hydrogen-bond donors (Lipinski definition) is 2. The first-order valence-electron chi connectivity index (χ1n) is 5.34. The number of hydrogen-bond acceptors (Lipinski definition) is 4. The second-order valence-electron chi connectivity index (χ2n) is 4.23. The summed E-state index contributed by atoms with van der Waals surface area (Å²) < 4.78 is 4.78. The average Bonchev–Trinajstić information content (AvgIpc) is 2.72. The van der Waals surface area contributed by atoms with Gasteiger partial charge in [-0.25, -0.2) is 0 Å². The van der Waals surface area contributed by atoms with Crippen molar-refractivity contribution in [2.45, 2.75) is 27.2 Å². The van der Waals surface area contributed by atoms with Crippen molar-refractivity contribution in [2.75, 3.05) is 6.54 Å². The second kappa shape index (κ2) is 4.99. The minimum atomic E-state index is -0.968. The van der Waals surface area contributed by atoms with Crippen molar-refractivity contribution in [3.8, 4) is 0 Å². The summed E-state index contributed by atoms with van der Waals surface area (Å²) in [6.07, 6.45) is 0.429. The molecule has 0 saturated heterocycles. The predicted molar refractivity (Wildman–Crippen MR) is 59.6 cm³/mol. The van der Waals surface area contributed by atoms with Gasteiger partial charge in [0.1, 0.15) is 0 Å². The molecule has 0 spiro atoms. The van der Waals surface area contributed by atoms with E-state index in [2.05, 4.69) is 10.5 Å². The number of carboxylic acid groups (broad SMARTS) is 1. The monoisotopic (exact) mass is 240 g/mol. The number of carbonyl (C=O) groups is 2. The lowest BCUT2D eigenvalue weighted by Gasteiger charge is -2.22. The molecule has 6 nitrogen and oxygen atoms in total. The molecule has 1 heterocycles. The van der Waals surface area contributed by atoms with E-state index in [9.17, 15) is 9.59 Å². The molecular weight excluding hydrogens is 224 g/mol. The van der Waals surface area contributed by atoms with Gasteiger partial charge in [-0.3, -0.25) is 9.59 Å². The normalized spacial score (nSPS) is 14.1. The molecule has 17 heavy (non-hydrogen) atoms. The van der Waals surface area contributed by atoms with Gasteiger partial charge in [0.2, 0.25) is 5.76 Å². The smallest absolute Gasteiger partial charge is 0.311 e. The van der Waals surface area contributed by atoms with Crippen molar-refractivity contribution in [3.63, 3.8) is 0 Å². The predicted octanol–water partition coefficient (Wildman–Crippen LogP) is 1.21. The van der Waals surface area contributed by atoms with E-state index in [1.54, 1.807) is 20.8 Å². The zero-order valence-electron chi connectivity index (χ0n) is 10.1. The number of nitrogens with one attached hydrogen (secondary N) is 1. The molecule has 6 heteroatoms. The molecule has 0 saturated carbocycles. The summed E-state index contributed by atoms with van der Waals surface area (Å²) in [4.78, 5) is 22.6. The summed E-state index contributed by atoms with van der Waals surface area (Å²) in [7, 11) is 0. The SMILES string of the molecule is CCC(C)(CNC(=O)c1cc(C)no1)C(=O)O. The molecule has 94 valence electrons. The minimum absolute atomic E-state index is 0.0530. The Balaban J connectivity index is 2.62. The largest absolute Gasteiger partial charge is 0.481 e. The number of rotatable bonds is 5. The molecule has 0 aromatic carbocycles. The Bertz CT molecular complexity index is 427. The van der Waals surface area contributed by atoms with E-state index in [1.165, 1.54) is 6.07 Å². The van der Waals surface area contributed by atoms with Crippen LogP contribution in [-0.4, -0.2) is 28.7 Å². The zero-order valence-corrected chi connectivity index (χ0v) is 10.1. The molecule has 1 atom stereocenters. The van der Waals surface area contributed by atoms with E-state index in [0.717, 1.165) is 0 Å². The summed E-state index contributed by atoms with van der Waals surface area (Å²) in [6.45, 7) is 5.10. The van der Waals surface area contributed by atoms with Gasteiger partial charge in [-0.05, 0) is 20.3 Å². The third kappa shape index (κ3) is 3.05. The highest BCUT2D eigenvalue weighted by Gasteiger charge is 2.31. The molecule has 0 aliphatic carbocycles. The fraction of sp³-hybridized carbons (Fsp3) is 0.545. The Labute approximate surface area is 99.0 Å². The van der Waals surface area contributed by atoms with Crippen molar-refractivity contribution >= 4 is 11.9 Å². The molecular formula is C11H16N2O4. The third-order valence-electron chi connectivity index (χ3n) is 2.79. The molecule has 1 aromatic heterocycles. The van der Waals surface area contributed by atoms with Crippen LogP contribution in [0.1, 0.15) is 36.5 Å². The maximum absolute atomic E-state index is 11.6. The van der Waals surface area contributed by atoms with Gasteiger partial charge in [0.05, 0.1) is 11.1 Å². The Morgan fingerprint density at radius 3 is 2.65 bits per heavy atom. The molecule has 1 amide bonds. The molecule has 1 unspecified atom stereocenters. The zero-order chi connectivity index (χ0) is 13.1. The number of aliphatic carboxylic acids is 1. The third-order valence-corrected chi connectivity index (χ3v) is 2.79. The van der Waals surface area contributed by atoms with E-state index < -0.39 is 17.3 Å². The fourth-order valence-corrected chi connectivity index (χ4v) is 1.18. The molecule has 0 radical (unpaired) electrons. The minimum Gasteiger partial charge on any atom is -0.481 e. The number of carbonyl (C=O) groups excluding carboxylic acids is 1. The first-order valence-corrected chi connectivity index (χ1v) is 5.34. The summed E-state index contributed by atoms with van der Waals surface area (Å²) in [5, 5.41) is 15.1. The van der Waals surface area contributed by atoms with Crippen molar-refractivity contribution in [1.82, 2.24) is 10.5 Å². The maximum atomic E-state index is 11.6. The number of aryl methyl sites for hydroxylation is 1. The molecule has 0 fully saturated rings. The topological polar surface area (TPSA) is 92.4 Å². The van der Waals surface area contributed by atoms with Gasteiger partial charge < -0.3 is 14.9 Å². The van der Waals surface area contributed by atoms with Gasteiger partial charge in [-0.1, -0.05) is 12.1 Å². The van der Waals surface area contributed by atoms with Crippen molar-refractivity contribution in [2.24, 2.45) is 5.41 Å². The van der Waals surface area contributed by atoms with Crippen LogP contribution in [0.3, 0.4) is 0 Å². The summed E-state index contributed by atoms with van der Waals surface area (Å²) >= 11 is 0. The lowest BCUT2D eigenvalue weighted by Crippen LogP contribution is -2.40. The van der Waals surface area contributed by atoms with Crippen molar-refractivity contribution in [1.29, 1.82) is 0 Å². The standard InChI is InChI=1S/C11H16N2O4/c1-4-11(3,10(15)16)6-12-9(14)8-5-7(2)13-17-8/h5H,4,6H2,1-3H3,(H,12,14)(H,15,16). The molecule has 1 rings (SSSR count). The highest BCUT2D eigenvalue weighted by molar-refractivity contribution is 5.91. The van der Waals surface area contributed by atoms with Crippen LogP contribution in [0.15, 0.2) is 10.6 Å². The first kappa shape index (κ1) is 13.2. The van der Waals surface area contributed by atoms with Crippen molar-refractivity contribution < 1.29 is 19.2 Å². The quantitative estimate of drug-likeness (QED) is 0.807. The first-order chi connectivity index (χ1) is 7.89. The maximum Gasteiger partial charge on any atom is 0.311 e. The molecule has 0 aliphatic heterocycles. The van der Waals surface area contributed by atoms with Crippen LogP contribution in [0.4, 0.5) is 0 Å². The summed E-state index contributed by atoms with van der Waals surface area (Å²) in [5.74, 6) is -1.30. The lowest BCUT2D eigenvalue weighted by molar-refractivity contribution is -0.147. The van der Waals surface area contributed by atoms with E-state index in [-0.39, 0.29) is 12.3 Å². The van der Waals surface area contributed by atoms with Gasteiger partial charge in [0.25, 0.3) is 5.91 Å². The Kier molecular flexibility index (Phi) is 3.88. The number of aromatic nitrogens is 1. The van der Waals surface area contributed by atoms with Crippen LogP contribution in [0.25, 0.3) is 0 Å². The van der Waals surface area contributed by atoms with Gasteiger partial charge in [0, 0.05) is 12.6 Å². The van der Waals surface area contributed by atoms with E-state index in [1.807, 2.05) is 0 Å². The van der Waals surface area contributed by atoms with Gasteiger partial charge in [-0.2, -0.15) is 0 Å². The van der Waals surface area contributed by atoms with E-state index in [4.69, 9.17) is 9.63 Å². The van der Waals surface area contributed by atoms with Gasteiger partial charge in [-0.15, -0.1) is 0 Å². The highest BCUT2D eigenvalue weighted by Crippen LogP contribution is 2.20. The van der Waals surface area contributed by atoms with Gasteiger partial charge >= 0.3 is 5.97 Å². The van der Waals surface area contributed by atoms with Crippen LogP contribution in [0.5, 0.6) is 0 Å². The Morgan fingerprint density at radius 2 is 2.24 bits per heavy atom. The Morgan fingerprint density at radius 1 is 1.59 bits per heavy atom. The Hall–Kier alpha value is -1.85. The van der Waals surface area contributed by atoms with Crippen LogP contribution < -0.4 is 5.32 Å². The van der Waals surface area contributed by atoms with Crippen LogP contribution in [-0.2, 0) is 4.79 Å². The summed E-state index contributed by atoms with van der Waals surface area (Å²) in [6, 6.07) is 1.50.